The smallest absolute Gasteiger partial charge is 0.238 e. The Morgan fingerprint density at radius 1 is 1.17 bits per heavy atom. The standard InChI is InChI=1S/C22H20F2N4O/c23-19-8-7-18(19)21(27)22(29)28-17(12-26)9-13-1-3-14(4-2-13)15-5-6-16(11-25)20(24)10-15/h1-6,10,17-19,21H,7-9,27H2,(H,28,29)/t17-,18+,19-,21-/m0/s1. The number of benzene rings is 2. The molecule has 0 aliphatic heterocycles. The number of amides is 1. The molecule has 3 rings (SSSR count). The van der Waals surface area contributed by atoms with Gasteiger partial charge in [0.2, 0.25) is 5.91 Å². The van der Waals surface area contributed by atoms with Crippen molar-refractivity contribution in [3.05, 3.63) is 59.4 Å². The number of rotatable bonds is 6. The average molecular weight is 394 g/mol. The SMILES string of the molecule is N#Cc1ccc(-c2ccc(C[C@@H](C#N)NC(=O)[C@@H](N)[C@@H]3CC[C@@H]3F)cc2)cc1F. The number of nitriles is 2. The number of nitrogens with one attached hydrogen (secondary N) is 1. The molecule has 7 heteroatoms. The summed E-state index contributed by atoms with van der Waals surface area (Å²) in [7, 11) is 0. The van der Waals surface area contributed by atoms with E-state index in [1.54, 1.807) is 36.4 Å². The molecule has 0 saturated heterocycles. The second-order valence-corrected chi connectivity index (χ2v) is 7.18. The van der Waals surface area contributed by atoms with E-state index in [9.17, 15) is 18.8 Å². The first kappa shape index (κ1) is 20.4. The summed E-state index contributed by atoms with van der Waals surface area (Å²) >= 11 is 0. The zero-order chi connectivity index (χ0) is 21.0. The molecule has 0 unspecified atom stereocenters. The molecule has 1 saturated carbocycles. The Morgan fingerprint density at radius 2 is 1.86 bits per heavy atom. The van der Waals surface area contributed by atoms with Crippen LogP contribution in [-0.4, -0.2) is 24.2 Å². The van der Waals surface area contributed by atoms with E-state index in [2.05, 4.69) is 5.32 Å². The summed E-state index contributed by atoms with van der Waals surface area (Å²) in [5.41, 5.74) is 7.99. The third-order valence-corrected chi connectivity index (χ3v) is 5.29. The van der Waals surface area contributed by atoms with Gasteiger partial charge < -0.3 is 11.1 Å². The van der Waals surface area contributed by atoms with Crippen LogP contribution >= 0.6 is 0 Å². The minimum Gasteiger partial charge on any atom is -0.339 e. The van der Waals surface area contributed by atoms with Crippen LogP contribution in [0.15, 0.2) is 42.5 Å². The molecular weight excluding hydrogens is 374 g/mol. The monoisotopic (exact) mass is 394 g/mol. The molecule has 4 atom stereocenters. The Bertz CT molecular complexity index is 978. The van der Waals surface area contributed by atoms with Gasteiger partial charge in [-0.1, -0.05) is 30.3 Å². The molecule has 1 aliphatic carbocycles. The first-order valence-electron chi connectivity index (χ1n) is 9.31. The number of hydrogen-bond acceptors (Lipinski definition) is 4. The van der Waals surface area contributed by atoms with Gasteiger partial charge in [-0.2, -0.15) is 10.5 Å². The van der Waals surface area contributed by atoms with E-state index in [0.29, 0.717) is 18.4 Å². The van der Waals surface area contributed by atoms with Crippen LogP contribution in [0, 0.1) is 34.4 Å². The third-order valence-electron chi connectivity index (χ3n) is 5.29. The fourth-order valence-corrected chi connectivity index (χ4v) is 3.34. The van der Waals surface area contributed by atoms with Crippen LogP contribution in [0.25, 0.3) is 11.1 Å². The van der Waals surface area contributed by atoms with Gasteiger partial charge in [0, 0.05) is 12.3 Å². The Labute approximate surface area is 167 Å². The fraction of sp³-hybridized carbons (Fsp3) is 0.318. The Morgan fingerprint density at radius 3 is 2.38 bits per heavy atom. The van der Waals surface area contributed by atoms with Crippen molar-refractivity contribution >= 4 is 5.91 Å². The number of halogens is 2. The van der Waals surface area contributed by atoms with E-state index in [1.807, 2.05) is 6.07 Å². The molecule has 1 amide bonds. The van der Waals surface area contributed by atoms with Gasteiger partial charge in [0.25, 0.3) is 0 Å². The summed E-state index contributed by atoms with van der Waals surface area (Å²) in [6.07, 6.45) is 0.198. The second-order valence-electron chi connectivity index (χ2n) is 7.18. The predicted molar refractivity (Wildman–Crippen MR) is 103 cm³/mol. The van der Waals surface area contributed by atoms with Gasteiger partial charge in [0.1, 0.15) is 24.1 Å². The van der Waals surface area contributed by atoms with E-state index < -0.39 is 35.9 Å². The maximum Gasteiger partial charge on any atom is 0.238 e. The van der Waals surface area contributed by atoms with Crippen LogP contribution < -0.4 is 11.1 Å². The van der Waals surface area contributed by atoms with Crippen molar-refractivity contribution in [2.24, 2.45) is 11.7 Å². The van der Waals surface area contributed by atoms with Crippen LogP contribution in [0.4, 0.5) is 8.78 Å². The molecule has 3 N–H and O–H groups in total. The highest BCUT2D eigenvalue weighted by Crippen LogP contribution is 2.32. The number of carbonyl (C=O) groups is 1. The number of hydrogen-bond donors (Lipinski definition) is 2. The van der Waals surface area contributed by atoms with Crippen LogP contribution in [0.1, 0.15) is 24.0 Å². The van der Waals surface area contributed by atoms with E-state index in [-0.39, 0.29) is 12.0 Å². The Balaban J connectivity index is 1.63. The molecule has 148 valence electrons. The van der Waals surface area contributed by atoms with Gasteiger partial charge in [-0.05, 0) is 41.7 Å². The van der Waals surface area contributed by atoms with Gasteiger partial charge in [-0.3, -0.25) is 4.79 Å². The van der Waals surface area contributed by atoms with Crippen molar-refractivity contribution in [2.45, 2.75) is 37.5 Å². The van der Waals surface area contributed by atoms with Crippen LogP contribution in [-0.2, 0) is 11.2 Å². The zero-order valence-electron chi connectivity index (χ0n) is 15.6. The number of carbonyl (C=O) groups excluding carboxylic acids is 1. The minimum atomic E-state index is -1.06. The highest BCUT2D eigenvalue weighted by atomic mass is 19.1. The quantitative estimate of drug-likeness (QED) is 0.786. The van der Waals surface area contributed by atoms with Crippen molar-refractivity contribution in [1.29, 1.82) is 10.5 Å². The van der Waals surface area contributed by atoms with E-state index in [0.717, 1.165) is 11.1 Å². The van der Waals surface area contributed by atoms with Gasteiger partial charge in [0.15, 0.2) is 0 Å². The molecule has 29 heavy (non-hydrogen) atoms. The van der Waals surface area contributed by atoms with E-state index in [1.165, 1.54) is 12.1 Å². The van der Waals surface area contributed by atoms with Crippen molar-refractivity contribution in [3.8, 4) is 23.3 Å². The first-order chi connectivity index (χ1) is 13.9. The Hall–Kier alpha value is -3.29. The Kier molecular flexibility index (Phi) is 6.21. The summed E-state index contributed by atoms with van der Waals surface area (Å²) < 4.78 is 27.2. The van der Waals surface area contributed by atoms with E-state index >= 15 is 0 Å². The first-order valence-corrected chi connectivity index (χ1v) is 9.31. The highest BCUT2D eigenvalue weighted by molar-refractivity contribution is 5.82. The van der Waals surface area contributed by atoms with Gasteiger partial charge >= 0.3 is 0 Å². The number of alkyl halides is 1. The third kappa shape index (κ3) is 4.59. The molecule has 0 radical (unpaired) electrons. The molecule has 0 bridgehead atoms. The van der Waals surface area contributed by atoms with Crippen molar-refractivity contribution in [3.63, 3.8) is 0 Å². The molecule has 2 aromatic carbocycles. The maximum absolute atomic E-state index is 13.8. The predicted octanol–water partition coefficient (Wildman–Crippen LogP) is 2.99. The summed E-state index contributed by atoms with van der Waals surface area (Å²) in [6, 6.07) is 13.6. The maximum atomic E-state index is 13.8. The van der Waals surface area contributed by atoms with Gasteiger partial charge in [-0.15, -0.1) is 0 Å². The van der Waals surface area contributed by atoms with Crippen molar-refractivity contribution < 1.29 is 13.6 Å². The highest BCUT2D eigenvalue weighted by Gasteiger charge is 2.39. The summed E-state index contributed by atoms with van der Waals surface area (Å²) in [5, 5.41) is 20.7. The minimum absolute atomic E-state index is 0.0165. The summed E-state index contributed by atoms with van der Waals surface area (Å²) in [5.74, 6) is -1.59. The lowest BCUT2D eigenvalue weighted by Gasteiger charge is -2.34. The molecule has 1 aliphatic rings. The lowest BCUT2D eigenvalue weighted by Crippen LogP contribution is -2.54. The normalized spacial score (nSPS) is 19.9. The summed E-state index contributed by atoms with van der Waals surface area (Å²) in [4.78, 5) is 12.2. The molecule has 5 nitrogen and oxygen atoms in total. The van der Waals surface area contributed by atoms with Crippen molar-refractivity contribution in [1.82, 2.24) is 5.32 Å². The molecule has 1 fully saturated rings. The lowest BCUT2D eigenvalue weighted by molar-refractivity contribution is -0.125. The fourth-order valence-electron chi connectivity index (χ4n) is 3.34. The topological polar surface area (TPSA) is 103 Å². The lowest BCUT2D eigenvalue weighted by atomic mass is 9.78. The number of nitrogens with zero attached hydrogens (tertiary/aromatic N) is 2. The zero-order valence-corrected chi connectivity index (χ0v) is 15.6. The van der Waals surface area contributed by atoms with Crippen LogP contribution in [0.5, 0.6) is 0 Å². The molecule has 0 heterocycles. The average Bonchev–Trinajstić information content (AvgIpc) is 2.72. The van der Waals surface area contributed by atoms with Gasteiger partial charge in [0.05, 0.1) is 17.7 Å². The van der Waals surface area contributed by atoms with Crippen LogP contribution in [0.3, 0.4) is 0 Å². The summed E-state index contributed by atoms with van der Waals surface area (Å²) in [6.45, 7) is 0. The van der Waals surface area contributed by atoms with E-state index in [4.69, 9.17) is 11.0 Å². The molecule has 2 aromatic rings. The molecule has 0 aromatic heterocycles. The molecular formula is C22H20F2N4O. The number of nitrogens with two attached hydrogens (primary N) is 1. The molecule has 0 spiro atoms. The van der Waals surface area contributed by atoms with Crippen LogP contribution in [0.2, 0.25) is 0 Å². The second kappa shape index (κ2) is 8.81. The largest absolute Gasteiger partial charge is 0.339 e. The van der Waals surface area contributed by atoms with Crippen molar-refractivity contribution in [2.75, 3.05) is 0 Å². The van der Waals surface area contributed by atoms with Gasteiger partial charge in [-0.25, -0.2) is 8.78 Å².